The van der Waals surface area contributed by atoms with Gasteiger partial charge in [-0.05, 0) is 67.9 Å². The van der Waals surface area contributed by atoms with Crippen LogP contribution >= 0.6 is 11.6 Å². The molecule has 1 aliphatic heterocycles. The van der Waals surface area contributed by atoms with Crippen molar-refractivity contribution in [2.24, 2.45) is 0 Å². The lowest BCUT2D eigenvalue weighted by Gasteiger charge is -2.37. The Bertz CT molecular complexity index is 1290. The number of anilines is 1. The molecule has 0 spiro atoms. The molecule has 0 radical (unpaired) electrons. The number of aryl methyl sites for hydroxylation is 2. The highest BCUT2D eigenvalue weighted by atomic mass is 35.5. The van der Waals surface area contributed by atoms with E-state index in [4.69, 9.17) is 11.6 Å². The first kappa shape index (κ1) is 20.5. The molecule has 0 aliphatic carbocycles. The molecule has 1 fully saturated rings. The van der Waals surface area contributed by atoms with Gasteiger partial charge in [-0.1, -0.05) is 17.7 Å². The van der Waals surface area contributed by atoms with Crippen molar-refractivity contribution in [3.63, 3.8) is 0 Å². The van der Waals surface area contributed by atoms with Crippen LogP contribution in [0.2, 0.25) is 5.02 Å². The Morgan fingerprint density at radius 3 is 2.47 bits per heavy atom. The van der Waals surface area contributed by atoms with Crippen LogP contribution in [0.5, 0.6) is 0 Å². The van der Waals surface area contributed by atoms with E-state index in [-0.39, 0.29) is 5.91 Å². The second kappa shape index (κ2) is 8.28. The fourth-order valence-electron chi connectivity index (χ4n) is 4.34. The highest BCUT2D eigenvalue weighted by molar-refractivity contribution is 6.30. The van der Waals surface area contributed by atoms with Gasteiger partial charge in [-0.25, -0.2) is 9.97 Å². The molecule has 1 amide bonds. The van der Waals surface area contributed by atoms with Crippen molar-refractivity contribution in [1.82, 2.24) is 19.4 Å². The fourth-order valence-corrected chi connectivity index (χ4v) is 4.51. The third-order valence-electron chi connectivity index (χ3n) is 6.03. The van der Waals surface area contributed by atoms with Gasteiger partial charge in [0.2, 0.25) is 0 Å². The maximum Gasteiger partial charge on any atom is 0.253 e. The Hall–Kier alpha value is -3.38. The number of piperazine rings is 1. The topological polar surface area (TPSA) is 54.3 Å². The lowest BCUT2D eigenvalue weighted by molar-refractivity contribution is 0.0747. The van der Waals surface area contributed by atoms with Crippen LogP contribution in [-0.4, -0.2) is 51.5 Å². The van der Waals surface area contributed by atoms with Crippen LogP contribution < -0.4 is 4.90 Å². The average molecular weight is 446 g/mol. The smallest absolute Gasteiger partial charge is 0.253 e. The number of aromatic nitrogens is 3. The van der Waals surface area contributed by atoms with Crippen LogP contribution in [0, 0.1) is 13.8 Å². The number of hydrogen-bond acceptors (Lipinski definition) is 4. The summed E-state index contributed by atoms with van der Waals surface area (Å²) in [6.45, 7) is 6.99. The van der Waals surface area contributed by atoms with Crippen molar-refractivity contribution >= 4 is 34.4 Å². The van der Waals surface area contributed by atoms with Gasteiger partial charge in [0, 0.05) is 54.3 Å². The van der Waals surface area contributed by atoms with Gasteiger partial charge in [-0.15, -0.1) is 0 Å². The van der Waals surface area contributed by atoms with Crippen molar-refractivity contribution in [2.75, 3.05) is 31.1 Å². The Labute approximate surface area is 192 Å². The van der Waals surface area contributed by atoms with Crippen LogP contribution in [0.1, 0.15) is 21.7 Å². The minimum atomic E-state index is 0.0596. The van der Waals surface area contributed by atoms with Gasteiger partial charge in [0.1, 0.15) is 11.3 Å². The van der Waals surface area contributed by atoms with Gasteiger partial charge >= 0.3 is 0 Å². The summed E-state index contributed by atoms with van der Waals surface area (Å²) in [6, 6.07) is 17.5. The quantitative estimate of drug-likeness (QED) is 0.460. The number of pyridine rings is 1. The third kappa shape index (κ3) is 3.71. The number of benzene rings is 2. The van der Waals surface area contributed by atoms with Crippen LogP contribution in [0.4, 0.5) is 5.69 Å². The molecule has 5 rings (SSSR count). The van der Waals surface area contributed by atoms with Crippen LogP contribution in [0.25, 0.3) is 16.9 Å². The van der Waals surface area contributed by atoms with E-state index in [0.29, 0.717) is 18.7 Å². The van der Waals surface area contributed by atoms with Gasteiger partial charge in [0.15, 0.2) is 5.65 Å². The first-order chi connectivity index (χ1) is 15.5. The van der Waals surface area contributed by atoms with E-state index in [9.17, 15) is 4.79 Å². The molecule has 0 bridgehead atoms. The van der Waals surface area contributed by atoms with Crippen LogP contribution in [0.3, 0.4) is 0 Å². The Balaban J connectivity index is 1.30. The summed E-state index contributed by atoms with van der Waals surface area (Å²) >= 11 is 6.19. The molecule has 7 heteroatoms. The molecule has 162 valence electrons. The zero-order valence-electron chi connectivity index (χ0n) is 18.1. The molecule has 0 saturated carbocycles. The number of hydrogen-bond donors (Lipinski definition) is 0. The predicted molar refractivity (Wildman–Crippen MR) is 128 cm³/mol. The summed E-state index contributed by atoms with van der Waals surface area (Å²) in [5.41, 5.74) is 5.65. The van der Waals surface area contributed by atoms with Crippen molar-refractivity contribution < 1.29 is 4.79 Å². The average Bonchev–Trinajstić information content (AvgIpc) is 3.16. The van der Waals surface area contributed by atoms with E-state index < -0.39 is 0 Å². The molecule has 0 N–H and O–H groups in total. The zero-order chi connectivity index (χ0) is 22.2. The lowest BCUT2D eigenvalue weighted by Crippen LogP contribution is -2.49. The number of carbonyl (C=O) groups excluding carboxylic acids is 1. The minimum absolute atomic E-state index is 0.0596. The Morgan fingerprint density at radius 1 is 0.969 bits per heavy atom. The molecule has 6 nitrogen and oxygen atoms in total. The number of carbonyl (C=O) groups is 1. The fraction of sp³-hybridized carbons (Fsp3) is 0.240. The number of nitrogens with zero attached hydrogens (tertiary/aromatic N) is 5. The monoisotopic (exact) mass is 445 g/mol. The van der Waals surface area contributed by atoms with E-state index in [2.05, 4.69) is 21.8 Å². The van der Waals surface area contributed by atoms with Crippen LogP contribution in [0.15, 0.2) is 60.8 Å². The second-order valence-electron chi connectivity index (χ2n) is 8.10. The summed E-state index contributed by atoms with van der Waals surface area (Å²) in [7, 11) is 0. The van der Waals surface area contributed by atoms with Crippen molar-refractivity contribution in [3.05, 3.63) is 82.8 Å². The van der Waals surface area contributed by atoms with Gasteiger partial charge in [-0.2, -0.15) is 0 Å². The molecule has 32 heavy (non-hydrogen) atoms. The molecule has 0 unspecified atom stereocenters. The number of imidazole rings is 1. The number of halogens is 1. The standard InChI is InChI=1S/C25H24ClN5O/c1-17-5-8-20(26)16-23(17)29-12-14-30(15-13-29)25(32)19-6-9-21(10-7-19)31-18(2)28-22-4-3-11-27-24(22)31/h3-11,16H,12-15H2,1-2H3. The Morgan fingerprint density at radius 2 is 1.72 bits per heavy atom. The molecule has 4 aromatic rings. The van der Waals surface area contributed by atoms with Gasteiger partial charge < -0.3 is 9.80 Å². The number of rotatable bonds is 3. The van der Waals surface area contributed by atoms with Crippen molar-refractivity contribution in [3.8, 4) is 5.69 Å². The first-order valence-electron chi connectivity index (χ1n) is 10.7. The molecular weight excluding hydrogens is 422 g/mol. The van der Waals surface area contributed by atoms with Gasteiger partial charge in [0.25, 0.3) is 5.91 Å². The normalized spacial score (nSPS) is 14.2. The van der Waals surface area contributed by atoms with Gasteiger partial charge in [0.05, 0.1) is 0 Å². The highest BCUT2D eigenvalue weighted by Crippen LogP contribution is 2.26. The molecular formula is C25H24ClN5O. The summed E-state index contributed by atoms with van der Waals surface area (Å²) in [5, 5.41) is 0.736. The van der Waals surface area contributed by atoms with E-state index in [1.807, 2.05) is 71.0 Å². The second-order valence-corrected chi connectivity index (χ2v) is 8.53. The predicted octanol–water partition coefficient (Wildman–Crippen LogP) is 4.65. The maximum absolute atomic E-state index is 13.1. The summed E-state index contributed by atoms with van der Waals surface area (Å²) in [4.78, 5) is 26.4. The molecule has 0 atom stereocenters. The van der Waals surface area contributed by atoms with E-state index in [0.717, 1.165) is 46.5 Å². The zero-order valence-corrected chi connectivity index (χ0v) is 18.9. The molecule has 3 heterocycles. The lowest BCUT2D eigenvalue weighted by atomic mass is 10.1. The number of fused-ring (bicyclic) bond motifs is 1. The van der Waals surface area contributed by atoms with E-state index in [1.54, 1.807) is 6.20 Å². The maximum atomic E-state index is 13.1. The molecule has 1 saturated heterocycles. The van der Waals surface area contributed by atoms with Crippen molar-refractivity contribution in [2.45, 2.75) is 13.8 Å². The minimum Gasteiger partial charge on any atom is -0.368 e. The Kier molecular flexibility index (Phi) is 5.31. The summed E-state index contributed by atoms with van der Waals surface area (Å²) in [6.07, 6.45) is 1.77. The first-order valence-corrected chi connectivity index (χ1v) is 11.1. The number of amides is 1. The van der Waals surface area contributed by atoms with Crippen molar-refractivity contribution in [1.29, 1.82) is 0 Å². The van der Waals surface area contributed by atoms with E-state index in [1.165, 1.54) is 5.56 Å². The van der Waals surface area contributed by atoms with Crippen LogP contribution in [-0.2, 0) is 0 Å². The molecule has 1 aliphatic rings. The molecule has 2 aromatic carbocycles. The third-order valence-corrected chi connectivity index (χ3v) is 6.27. The summed E-state index contributed by atoms with van der Waals surface area (Å²) < 4.78 is 2.01. The summed E-state index contributed by atoms with van der Waals surface area (Å²) in [5.74, 6) is 0.926. The highest BCUT2D eigenvalue weighted by Gasteiger charge is 2.23. The van der Waals surface area contributed by atoms with Gasteiger partial charge in [-0.3, -0.25) is 9.36 Å². The largest absolute Gasteiger partial charge is 0.368 e. The van der Waals surface area contributed by atoms with E-state index >= 15 is 0 Å². The SMILES string of the molecule is Cc1ccc(Cl)cc1N1CCN(C(=O)c2ccc(-n3c(C)nc4cccnc43)cc2)CC1. The molecule has 2 aromatic heterocycles.